The van der Waals surface area contributed by atoms with Crippen molar-refractivity contribution in [2.24, 2.45) is 0 Å². The van der Waals surface area contributed by atoms with Crippen molar-refractivity contribution in [3.05, 3.63) is 95.6 Å². The van der Waals surface area contributed by atoms with Gasteiger partial charge in [0, 0.05) is 32.7 Å². The van der Waals surface area contributed by atoms with E-state index in [2.05, 4.69) is 17.0 Å². The summed E-state index contributed by atoms with van der Waals surface area (Å²) in [6.07, 6.45) is 0. The van der Waals surface area contributed by atoms with Crippen LogP contribution >= 0.6 is 0 Å². The lowest BCUT2D eigenvalue weighted by Gasteiger charge is -2.36. The number of benzene rings is 3. The van der Waals surface area contributed by atoms with Gasteiger partial charge in [-0.05, 0) is 43.7 Å². The van der Waals surface area contributed by atoms with Gasteiger partial charge in [-0.15, -0.1) is 0 Å². The normalized spacial score (nSPS) is 14.7. The molecule has 1 aliphatic rings. The van der Waals surface area contributed by atoms with E-state index in [4.69, 9.17) is 0 Å². The van der Waals surface area contributed by atoms with Crippen molar-refractivity contribution >= 4 is 21.6 Å². The fraction of sp³-hybridized carbons (Fsp3) is 0.296. The minimum atomic E-state index is -3.89. The van der Waals surface area contributed by atoms with Gasteiger partial charge in [0.05, 0.1) is 10.6 Å². The Morgan fingerprint density at radius 1 is 0.794 bits per heavy atom. The summed E-state index contributed by atoms with van der Waals surface area (Å²) in [5.41, 5.74) is 3.74. The van der Waals surface area contributed by atoms with E-state index < -0.39 is 10.0 Å². The second kappa shape index (κ2) is 10.4. The van der Waals surface area contributed by atoms with E-state index >= 15 is 0 Å². The monoisotopic (exact) mass is 477 g/mol. The maximum Gasteiger partial charge on any atom is 0.264 e. The summed E-state index contributed by atoms with van der Waals surface area (Å²) < 4.78 is 28.3. The van der Waals surface area contributed by atoms with Crippen molar-refractivity contribution in [1.29, 1.82) is 0 Å². The third kappa shape index (κ3) is 5.66. The molecule has 1 heterocycles. The van der Waals surface area contributed by atoms with Crippen LogP contribution in [-0.2, 0) is 21.4 Å². The Bertz CT molecular complexity index is 1200. The predicted octanol–water partition coefficient (Wildman–Crippen LogP) is 3.84. The van der Waals surface area contributed by atoms with E-state index in [1.165, 1.54) is 9.87 Å². The number of nitrogens with zero attached hydrogens (tertiary/aromatic N) is 3. The molecule has 1 saturated heterocycles. The molecule has 0 radical (unpaired) electrons. The van der Waals surface area contributed by atoms with Gasteiger partial charge in [-0.3, -0.25) is 14.0 Å². The number of piperazine rings is 1. The summed E-state index contributed by atoms with van der Waals surface area (Å²) in [7, 11) is -3.89. The van der Waals surface area contributed by atoms with Gasteiger partial charge in [0.25, 0.3) is 10.0 Å². The maximum atomic E-state index is 13.5. The molecule has 1 amide bonds. The highest BCUT2D eigenvalue weighted by Gasteiger charge is 2.30. The lowest BCUT2D eigenvalue weighted by atomic mass is 10.2. The van der Waals surface area contributed by atoms with Gasteiger partial charge in [-0.25, -0.2) is 8.42 Å². The van der Waals surface area contributed by atoms with E-state index in [1.807, 2.05) is 44.2 Å². The molecule has 4 rings (SSSR count). The SMILES string of the molecule is Cc1ccc(N(CC(=O)N2CCN(Cc3ccccc3)CC2)S(=O)(=O)c2ccc(C)cc2)cc1. The topological polar surface area (TPSA) is 60.9 Å². The molecule has 0 aliphatic carbocycles. The number of amides is 1. The molecule has 0 atom stereocenters. The zero-order valence-corrected chi connectivity index (χ0v) is 20.5. The smallest absolute Gasteiger partial charge is 0.264 e. The Morgan fingerprint density at radius 3 is 1.94 bits per heavy atom. The highest BCUT2D eigenvalue weighted by molar-refractivity contribution is 7.92. The van der Waals surface area contributed by atoms with Crippen LogP contribution in [0.25, 0.3) is 0 Å². The molecule has 0 unspecified atom stereocenters. The van der Waals surface area contributed by atoms with Crippen LogP contribution in [0.1, 0.15) is 16.7 Å². The third-order valence-electron chi connectivity index (χ3n) is 6.18. The number of aryl methyl sites for hydroxylation is 2. The molecule has 34 heavy (non-hydrogen) atoms. The molecule has 0 saturated carbocycles. The number of anilines is 1. The molecule has 0 aromatic heterocycles. The van der Waals surface area contributed by atoms with E-state index in [-0.39, 0.29) is 17.3 Å². The molecule has 1 fully saturated rings. The summed E-state index contributed by atoms with van der Waals surface area (Å²) in [5, 5.41) is 0. The Kier molecular flexibility index (Phi) is 7.34. The Hall–Kier alpha value is -3.16. The number of sulfonamides is 1. The number of hydrogen-bond acceptors (Lipinski definition) is 4. The zero-order chi connectivity index (χ0) is 24.1. The standard InChI is InChI=1S/C27H31N3O3S/c1-22-8-12-25(13-9-22)30(34(32,33)26-14-10-23(2)11-15-26)21-27(31)29-18-16-28(17-19-29)20-24-6-4-3-5-7-24/h3-15H,16-21H2,1-2H3. The maximum absolute atomic E-state index is 13.5. The predicted molar refractivity (Wildman–Crippen MR) is 135 cm³/mol. The fourth-order valence-corrected chi connectivity index (χ4v) is 5.50. The first-order valence-electron chi connectivity index (χ1n) is 11.5. The first-order chi connectivity index (χ1) is 16.3. The first kappa shape index (κ1) is 24.0. The fourth-order valence-electron chi connectivity index (χ4n) is 4.08. The summed E-state index contributed by atoms with van der Waals surface area (Å²) >= 11 is 0. The van der Waals surface area contributed by atoms with Crippen molar-refractivity contribution in [1.82, 2.24) is 9.80 Å². The van der Waals surface area contributed by atoms with E-state index in [0.717, 1.165) is 30.8 Å². The lowest BCUT2D eigenvalue weighted by Crippen LogP contribution is -2.51. The molecular weight excluding hydrogens is 446 g/mol. The first-order valence-corrected chi connectivity index (χ1v) is 13.0. The largest absolute Gasteiger partial charge is 0.339 e. The molecule has 178 valence electrons. The average molecular weight is 478 g/mol. The molecular formula is C27H31N3O3S. The third-order valence-corrected chi connectivity index (χ3v) is 7.97. The van der Waals surface area contributed by atoms with Crippen molar-refractivity contribution in [3.8, 4) is 0 Å². The molecule has 1 aliphatic heterocycles. The highest BCUT2D eigenvalue weighted by Crippen LogP contribution is 2.25. The zero-order valence-electron chi connectivity index (χ0n) is 19.7. The average Bonchev–Trinajstić information content (AvgIpc) is 2.84. The van der Waals surface area contributed by atoms with Crippen molar-refractivity contribution in [2.75, 3.05) is 37.0 Å². The van der Waals surface area contributed by atoms with Gasteiger partial charge in [0.2, 0.25) is 5.91 Å². The number of hydrogen-bond donors (Lipinski definition) is 0. The molecule has 0 N–H and O–H groups in total. The van der Waals surface area contributed by atoms with Gasteiger partial charge < -0.3 is 4.90 Å². The summed E-state index contributed by atoms with van der Waals surface area (Å²) in [6.45, 7) is 7.16. The molecule has 6 nitrogen and oxygen atoms in total. The molecule has 7 heteroatoms. The lowest BCUT2D eigenvalue weighted by molar-refractivity contribution is -0.131. The van der Waals surface area contributed by atoms with Gasteiger partial charge in [0.15, 0.2) is 0 Å². The minimum absolute atomic E-state index is 0.180. The molecule has 0 spiro atoms. The van der Waals surface area contributed by atoms with Crippen LogP contribution in [-0.4, -0.2) is 56.8 Å². The number of rotatable bonds is 7. The highest BCUT2D eigenvalue weighted by atomic mass is 32.2. The van der Waals surface area contributed by atoms with Crippen LogP contribution in [0, 0.1) is 13.8 Å². The van der Waals surface area contributed by atoms with E-state index in [9.17, 15) is 13.2 Å². The van der Waals surface area contributed by atoms with Crippen LogP contribution in [0.15, 0.2) is 83.8 Å². The van der Waals surface area contributed by atoms with E-state index in [0.29, 0.717) is 18.8 Å². The van der Waals surface area contributed by atoms with Gasteiger partial charge in [0.1, 0.15) is 6.54 Å². The van der Waals surface area contributed by atoms with Gasteiger partial charge in [-0.1, -0.05) is 65.7 Å². The van der Waals surface area contributed by atoms with E-state index in [1.54, 1.807) is 41.3 Å². The Morgan fingerprint density at radius 2 is 1.35 bits per heavy atom. The van der Waals surface area contributed by atoms with Crippen molar-refractivity contribution in [2.45, 2.75) is 25.3 Å². The van der Waals surface area contributed by atoms with Crippen molar-refractivity contribution < 1.29 is 13.2 Å². The summed E-state index contributed by atoms with van der Waals surface area (Å²) in [4.78, 5) is 17.5. The second-order valence-electron chi connectivity index (χ2n) is 8.80. The Labute approximate surface area is 202 Å². The molecule has 3 aromatic carbocycles. The van der Waals surface area contributed by atoms with Crippen molar-refractivity contribution in [3.63, 3.8) is 0 Å². The van der Waals surface area contributed by atoms with Crippen LogP contribution in [0.3, 0.4) is 0 Å². The van der Waals surface area contributed by atoms with Gasteiger partial charge in [-0.2, -0.15) is 0 Å². The van der Waals surface area contributed by atoms with Crippen LogP contribution in [0.5, 0.6) is 0 Å². The number of carbonyl (C=O) groups is 1. The quantitative estimate of drug-likeness (QED) is 0.519. The minimum Gasteiger partial charge on any atom is -0.339 e. The molecule has 0 bridgehead atoms. The Balaban J connectivity index is 1.48. The van der Waals surface area contributed by atoms with Crippen LogP contribution in [0.4, 0.5) is 5.69 Å². The van der Waals surface area contributed by atoms with Crippen LogP contribution in [0.2, 0.25) is 0 Å². The second-order valence-corrected chi connectivity index (χ2v) is 10.7. The van der Waals surface area contributed by atoms with Gasteiger partial charge >= 0.3 is 0 Å². The number of carbonyl (C=O) groups excluding carboxylic acids is 1. The summed E-state index contributed by atoms with van der Waals surface area (Å²) in [6, 6.07) is 24.2. The summed E-state index contributed by atoms with van der Waals surface area (Å²) in [5.74, 6) is -0.185. The molecule has 3 aromatic rings. The van der Waals surface area contributed by atoms with Crippen LogP contribution < -0.4 is 4.31 Å².